The number of aliphatic hydroxyl groups is 1. The lowest BCUT2D eigenvalue weighted by Gasteiger charge is -2.37. The van der Waals surface area contributed by atoms with E-state index >= 15 is 0 Å². The maximum absolute atomic E-state index is 12.5. The first-order chi connectivity index (χ1) is 14.6. The number of hydrogen-bond acceptors (Lipinski definition) is 5. The van der Waals surface area contributed by atoms with E-state index in [1.165, 1.54) is 4.90 Å². The molecule has 7 heteroatoms. The lowest BCUT2D eigenvalue weighted by Crippen LogP contribution is -2.48. The highest BCUT2D eigenvalue weighted by Crippen LogP contribution is 2.46. The Morgan fingerprint density at radius 1 is 1.17 bits per heavy atom. The molecular weight excluding hydrogens is 382 g/mol. The van der Waals surface area contributed by atoms with Crippen LogP contribution in [0.15, 0.2) is 30.5 Å². The van der Waals surface area contributed by atoms with Gasteiger partial charge in [0.05, 0.1) is 0 Å². The van der Waals surface area contributed by atoms with Crippen molar-refractivity contribution in [2.75, 3.05) is 26.2 Å². The van der Waals surface area contributed by atoms with Crippen molar-refractivity contribution in [3.63, 3.8) is 0 Å². The van der Waals surface area contributed by atoms with Crippen LogP contribution in [0.2, 0.25) is 0 Å². The van der Waals surface area contributed by atoms with E-state index in [2.05, 4.69) is 10.3 Å². The minimum absolute atomic E-state index is 0.0134. The topological polar surface area (TPSA) is 94.7 Å². The number of fused-ring (bicyclic) bond motifs is 1. The molecule has 7 nitrogen and oxygen atoms in total. The molecule has 30 heavy (non-hydrogen) atoms. The van der Waals surface area contributed by atoms with Crippen molar-refractivity contribution in [1.82, 2.24) is 15.2 Å². The van der Waals surface area contributed by atoms with Gasteiger partial charge in [0.1, 0.15) is 18.5 Å². The number of ether oxygens (including phenoxy) is 1. The summed E-state index contributed by atoms with van der Waals surface area (Å²) in [6.45, 7) is 1.67. The molecule has 3 N–H and O–H groups in total. The van der Waals surface area contributed by atoms with Crippen molar-refractivity contribution in [2.24, 2.45) is 5.41 Å². The Bertz CT molecular complexity index is 867. The molecule has 0 unspecified atom stereocenters. The van der Waals surface area contributed by atoms with Crippen LogP contribution in [0.5, 0.6) is 5.75 Å². The van der Waals surface area contributed by atoms with E-state index < -0.39 is 6.10 Å². The highest BCUT2D eigenvalue weighted by molar-refractivity contribution is 5.98. The molecule has 162 valence electrons. The third-order valence-corrected chi connectivity index (χ3v) is 6.42. The summed E-state index contributed by atoms with van der Waals surface area (Å²) in [4.78, 5) is 29.5. The van der Waals surface area contributed by atoms with Crippen LogP contribution >= 0.6 is 0 Å². The first kappa shape index (κ1) is 20.9. The van der Waals surface area contributed by atoms with E-state index in [-0.39, 0.29) is 23.8 Å². The molecule has 2 heterocycles. The van der Waals surface area contributed by atoms with Crippen LogP contribution in [0.3, 0.4) is 0 Å². The number of rotatable bonds is 9. The van der Waals surface area contributed by atoms with E-state index in [9.17, 15) is 14.7 Å². The summed E-state index contributed by atoms with van der Waals surface area (Å²) in [5, 5.41) is 14.3. The van der Waals surface area contributed by atoms with Gasteiger partial charge in [-0.3, -0.25) is 14.5 Å². The first-order valence-corrected chi connectivity index (χ1v) is 11.0. The Labute approximate surface area is 176 Å². The summed E-state index contributed by atoms with van der Waals surface area (Å²) < 4.78 is 5.76. The normalized spacial score (nSPS) is 19.7. The molecule has 1 saturated carbocycles. The second-order valence-corrected chi connectivity index (χ2v) is 8.72. The number of nitrogens with one attached hydrogen (secondary N) is 2. The maximum Gasteiger partial charge on any atom is 0.229 e. The third kappa shape index (κ3) is 4.68. The Balaban J connectivity index is 1.14. The monoisotopic (exact) mass is 413 g/mol. The predicted molar refractivity (Wildman–Crippen MR) is 114 cm³/mol. The number of piperidine rings is 1. The van der Waals surface area contributed by atoms with Crippen LogP contribution in [0.25, 0.3) is 10.9 Å². The Morgan fingerprint density at radius 3 is 2.70 bits per heavy atom. The van der Waals surface area contributed by atoms with E-state index in [0.717, 1.165) is 42.3 Å². The molecule has 1 aliphatic heterocycles. The molecule has 0 bridgehead atoms. The molecule has 0 radical (unpaired) electrons. The molecule has 2 aliphatic rings. The summed E-state index contributed by atoms with van der Waals surface area (Å²) in [6.07, 6.45) is 7.25. The lowest BCUT2D eigenvalue weighted by molar-refractivity contribution is -0.153. The van der Waals surface area contributed by atoms with E-state index in [0.29, 0.717) is 38.9 Å². The zero-order valence-electron chi connectivity index (χ0n) is 17.4. The summed E-state index contributed by atoms with van der Waals surface area (Å²) in [5.74, 6) is 0.719. The number of benzene rings is 1. The third-order valence-electron chi connectivity index (χ3n) is 6.42. The number of H-pyrrole nitrogens is 1. The van der Waals surface area contributed by atoms with Crippen LogP contribution in [0.1, 0.15) is 44.9 Å². The number of hydrogen-bond donors (Lipinski definition) is 3. The SMILES string of the molecule is O=C1CC2(CCCC2)CC(=O)N1CCCNC[C@H](O)COc1cccc2[nH]ccc12. The van der Waals surface area contributed by atoms with Gasteiger partial charge in [0.15, 0.2) is 0 Å². The number of aromatic nitrogens is 1. The fourth-order valence-electron chi connectivity index (χ4n) is 4.82. The van der Waals surface area contributed by atoms with Gasteiger partial charge in [0, 0.05) is 43.0 Å². The second kappa shape index (κ2) is 9.18. The standard InChI is InChI=1S/C23H31N3O4/c27-17(16-30-20-6-3-5-19-18(20)7-11-25-19)15-24-10-4-12-26-21(28)13-23(14-22(26)29)8-1-2-9-23/h3,5-7,11,17,24-25,27H,1-2,4,8-10,12-16H2/t17-/m0/s1. The fraction of sp³-hybridized carbons (Fsp3) is 0.565. The molecule has 1 saturated heterocycles. The molecule has 2 fully saturated rings. The predicted octanol–water partition coefficient (Wildman–Crippen LogP) is 2.60. The summed E-state index contributed by atoms with van der Waals surface area (Å²) in [7, 11) is 0. The quantitative estimate of drug-likeness (QED) is 0.434. The second-order valence-electron chi connectivity index (χ2n) is 8.72. The molecule has 1 aromatic heterocycles. The first-order valence-electron chi connectivity index (χ1n) is 11.0. The van der Waals surface area contributed by atoms with Crippen LogP contribution < -0.4 is 10.1 Å². The van der Waals surface area contributed by atoms with Gasteiger partial charge >= 0.3 is 0 Å². The van der Waals surface area contributed by atoms with E-state index in [1.807, 2.05) is 30.5 Å². The number of amides is 2. The lowest BCUT2D eigenvalue weighted by atomic mass is 9.76. The Morgan fingerprint density at radius 2 is 1.93 bits per heavy atom. The molecule has 1 aromatic carbocycles. The van der Waals surface area contributed by atoms with E-state index in [1.54, 1.807) is 0 Å². The molecular formula is C23H31N3O4. The number of carbonyl (C=O) groups excluding carboxylic acids is 2. The van der Waals surface area contributed by atoms with E-state index in [4.69, 9.17) is 4.74 Å². The van der Waals surface area contributed by atoms with Crippen molar-refractivity contribution >= 4 is 22.7 Å². The molecule has 1 aliphatic carbocycles. The average Bonchev–Trinajstić information content (AvgIpc) is 3.37. The zero-order chi connectivity index (χ0) is 21.0. The van der Waals surface area contributed by atoms with Gasteiger partial charge in [-0.25, -0.2) is 0 Å². The highest BCUT2D eigenvalue weighted by Gasteiger charge is 2.44. The highest BCUT2D eigenvalue weighted by atomic mass is 16.5. The number of aliphatic hydroxyl groups excluding tert-OH is 1. The van der Waals surface area contributed by atoms with Gasteiger partial charge in [-0.2, -0.15) is 0 Å². The van der Waals surface area contributed by atoms with Gasteiger partial charge in [-0.05, 0) is 49.4 Å². The van der Waals surface area contributed by atoms with Crippen molar-refractivity contribution in [1.29, 1.82) is 0 Å². The average molecular weight is 414 g/mol. The minimum atomic E-state index is -0.639. The number of aromatic amines is 1. The van der Waals surface area contributed by atoms with Crippen LogP contribution in [-0.4, -0.2) is 59.1 Å². The molecule has 2 amide bonds. The van der Waals surface area contributed by atoms with Crippen molar-refractivity contribution in [2.45, 2.75) is 51.0 Å². The van der Waals surface area contributed by atoms with Gasteiger partial charge in [-0.1, -0.05) is 18.9 Å². The summed E-state index contributed by atoms with van der Waals surface area (Å²) in [6, 6.07) is 7.73. The Hall–Kier alpha value is -2.38. The van der Waals surface area contributed by atoms with Gasteiger partial charge < -0.3 is 20.1 Å². The molecule has 1 spiro atoms. The van der Waals surface area contributed by atoms with Crippen molar-refractivity contribution in [3.8, 4) is 5.75 Å². The zero-order valence-corrected chi connectivity index (χ0v) is 17.4. The van der Waals surface area contributed by atoms with Gasteiger partial charge in [0.2, 0.25) is 11.8 Å². The number of imide groups is 1. The van der Waals surface area contributed by atoms with Gasteiger partial charge in [-0.15, -0.1) is 0 Å². The maximum atomic E-state index is 12.5. The minimum Gasteiger partial charge on any atom is -0.490 e. The number of nitrogens with zero attached hydrogens (tertiary/aromatic N) is 1. The number of likely N-dealkylation sites (tertiary alicyclic amines) is 1. The summed E-state index contributed by atoms with van der Waals surface area (Å²) >= 11 is 0. The van der Waals surface area contributed by atoms with Gasteiger partial charge in [0.25, 0.3) is 0 Å². The molecule has 2 aromatic rings. The van der Waals surface area contributed by atoms with Crippen LogP contribution in [-0.2, 0) is 9.59 Å². The molecule has 1 atom stereocenters. The largest absolute Gasteiger partial charge is 0.490 e. The van der Waals surface area contributed by atoms with Crippen LogP contribution in [0, 0.1) is 5.41 Å². The van der Waals surface area contributed by atoms with Crippen LogP contribution in [0.4, 0.5) is 0 Å². The fourth-order valence-corrected chi connectivity index (χ4v) is 4.82. The van der Waals surface area contributed by atoms with Crippen molar-refractivity contribution in [3.05, 3.63) is 30.5 Å². The molecule has 4 rings (SSSR count). The number of carbonyl (C=O) groups is 2. The smallest absolute Gasteiger partial charge is 0.229 e. The summed E-state index contributed by atoms with van der Waals surface area (Å²) in [5.41, 5.74) is 0.957. The Kier molecular flexibility index (Phi) is 6.39. The van der Waals surface area contributed by atoms with Crippen molar-refractivity contribution < 1.29 is 19.4 Å².